The van der Waals surface area contributed by atoms with Crippen molar-refractivity contribution in [2.45, 2.75) is 44.6 Å². The SMILES string of the molecule is CNCc1nc(Cl)c(C2CCCCC2)n1C. The average molecular weight is 242 g/mol. The Morgan fingerprint density at radius 1 is 1.38 bits per heavy atom. The lowest BCUT2D eigenvalue weighted by molar-refractivity contribution is 0.427. The number of hydrogen-bond acceptors (Lipinski definition) is 2. The molecule has 0 spiro atoms. The van der Waals surface area contributed by atoms with E-state index in [0.717, 1.165) is 12.4 Å². The van der Waals surface area contributed by atoms with E-state index >= 15 is 0 Å². The molecule has 2 rings (SSSR count). The molecule has 1 aromatic rings. The first-order chi connectivity index (χ1) is 7.74. The normalized spacial score (nSPS) is 17.9. The Labute approximate surface area is 102 Å². The molecule has 1 aliphatic carbocycles. The third-order valence-corrected chi connectivity index (χ3v) is 3.79. The Morgan fingerprint density at radius 2 is 2.06 bits per heavy atom. The predicted molar refractivity (Wildman–Crippen MR) is 66.8 cm³/mol. The van der Waals surface area contributed by atoms with Crippen LogP contribution >= 0.6 is 11.6 Å². The first-order valence-electron chi connectivity index (χ1n) is 6.09. The van der Waals surface area contributed by atoms with E-state index < -0.39 is 0 Å². The molecule has 0 aromatic carbocycles. The van der Waals surface area contributed by atoms with Crippen LogP contribution in [0.3, 0.4) is 0 Å². The van der Waals surface area contributed by atoms with Crippen molar-refractivity contribution in [2.24, 2.45) is 7.05 Å². The molecular weight excluding hydrogens is 222 g/mol. The van der Waals surface area contributed by atoms with Crippen LogP contribution in [-0.2, 0) is 13.6 Å². The molecular formula is C12H20ClN3. The first kappa shape index (κ1) is 11.9. The van der Waals surface area contributed by atoms with Gasteiger partial charge in [0, 0.05) is 13.0 Å². The number of halogens is 1. The van der Waals surface area contributed by atoms with Gasteiger partial charge in [-0.2, -0.15) is 0 Å². The third-order valence-electron chi connectivity index (χ3n) is 3.51. The summed E-state index contributed by atoms with van der Waals surface area (Å²) >= 11 is 6.26. The summed E-state index contributed by atoms with van der Waals surface area (Å²) in [6.45, 7) is 0.781. The van der Waals surface area contributed by atoms with Crippen LogP contribution in [0, 0.1) is 0 Å². The van der Waals surface area contributed by atoms with Crippen LogP contribution in [-0.4, -0.2) is 16.6 Å². The van der Waals surface area contributed by atoms with E-state index in [0.29, 0.717) is 11.1 Å². The standard InChI is InChI=1S/C12H20ClN3/c1-14-8-10-15-12(13)11(16(10)2)9-6-4-3-5-7-9/h9,14H,3-8H2,1-2H3. The van der Waals surface area contributed by atoms with E-state index in [1.165, 1.54) is 37.8 Å². The predicted octanol–water partition coefficient (Wildman–Crippen LogP) is 2.84. The summed E-state index contributed by atoms with van der Waals surface area (Å²) in [6.07, 6.45) is 6.55. The highest BCUT2D eigenvalue weighted by molar-refractivity contribution is 6.30. The highest BCUT2D eigenvalue weighted by Gasteiger charge is 2.23. The topological polar surface area (TPSA) is 29.9 Å². The van der Waals surface area contributed by atoms with Crippen molar-refractivity contribution in [2.75, 3.05) is 7.05 Å². The lowest BCUT2D eigenvalue weighted by Crippen LogP contribution is -2.14. The van der Waals surface area contributed by atoms with Gasteiger partial charge in [0.2, 0.25) is 0 Å². The second-order valence-electron chi connectivity index (χ2n) is 4.63. The van der Waals surface area contributed by atoms with Gasteiger partial charge in [-0.15, -0.1) is 0 Å². The molecule has 0 atom stereocenters. The van der Waals surface area contributed by atoms with E-state index in [4.69, 9.17) is 11.6 Å². The summed E-state index contributed by atoms with van der Waals surface area (Å²) in [7, 11) is 4.01. The Kier molecular flexibility index (Phi) is 3.87. The molecule has 0 radical (unpaired) electrons. The number of hydrogen-bond donors (Lipinski definition) is 1. The van der Waals surface area contributed by atoms with Crippen LogP contribution in [0.25, 0.3) is 0 Å². The number of imidazole rings is 1. The zero-order chi connectivity index (χ0) is 11.5. The number of nitrogens with one attached hydrogen (secondary N) is 1. The third kappa shape index (κ3) is 2.25. The van der Waals surface area contributed by atoms with Gasteiger partial charge in [-0.05, 0) is 19.9 Å². The van der Waals surface area contributed by atoms with Gasteiger partial charge in [0.1, 0.15) is 5.82 Å². The largest absolute Gasteiger partial charge is 0.332 e. The molecule has 4 heteroatoms. The van der Waals surface area contributed by atoms with Gasteiger partial charge in [-0.1, -0.05) is 30.9 Å². The molecule has 1 fully saturated rings. The van der Waals surface area contributed by atoms with Crippen molar-refractivity contribution in [1.29, 1.82) is 0 Å². The van der Waals surface area contributed by atoms with E-state index in [9.17, 15) is 0 Å². The van der Waals surface area contributed by atoms with Crippen molar-refractivity contribution >= 4 is 11.6 Å². The number of rotatable bonds is 3. The summed E-state index contributed by atoms with van der Waals surface area (Å²) in [6, 6.07) is 0. The number of aromatic nitrogens is 2. The van der Waals surface area contributed by atoms with Crippen molar-refractivity contribution in [3.05, 3.63) is 16.7 Å². The average Bonchev–Trinajstić information content (AvgIpc) is 2.56. The zero-order valence-electron chi connectivity index (χ0n) is 10.1. The minimum absolute atomic E-state index is 0.615. The summed E-state index contributed by atoms with van der Waals surface area (Å²) in [5.74, 6) is 1.65. The molecule has 1 aliphatic rings. The molecule has 0 amide bonds. The fourth-order valence-corrected chi connectivity index (χ4v) is 3.04. The van der Waals surface area contributed by atoms with E-state index in [1.807, 2.05) is 7.05 Å². The van der Waals surface area contributed by atoms with Crippen LogP contribution in [0.2, 0.25) is 5.15 Å². The maximum absolute atomic E-state index is 6.26. The minimum atomic E-state index is 0.615. The van der Waals surface area contributed by atoms with Crippen molar-refractivity contribution in [3.8, 4) is 0 Å². The minimum Gasteiger partial charge on any atom is -0.332 e. The highest BCUT2D eigenvalue weighted by Crippen LogP contribution is 2.36. The van der Waals surface area contributed by atoms with Crippen LogP contribution < -0.4 is 5.32 Å². The molecule has 0 unspecified atom stereocenters. The van der Waals surface area contributed by atoms with Crippen molar-refractivity contribution < 1.29 is 0 Å². The Balaban J connectivity index is 2.24. The second kappa shape index (κ2) is 5.19. The van der Waals surface area contributed by atoms with Gasteiger partial charge in [0.25, 0.3) is 0 Å². The number of nitrogens with zero attached hydrogens (tertiary/aromatic N) is 2. The molecule has 0 aliphatic heterocycles. The maximum atomic E-state index is 6.26. The van der Waals surface area contributed by atoms with Crippen LogP contribution in [0.5, 0.6) is 0 Å². The van der Waals surface area contributed by atoms with Gasteiger partial charge < -0.3 is 9.88 Å². The molecule has 1 N–H and O–H groups in total. The summed E-state index contributed by atoms with van der Waals surface area (Å²) in [4.78, 5) is 4.44. The molecule has 1 aromatic heterocycles. The lowest BCUT2D eigenvalue weighted by Gasteiger charge is -2.22. The second-order valence-corrected chi connectivity index (χ2v) is 4.99. The summed E-state index contributed by atoms with van der Waals surface area (Å²) in [5.41, 5.74) is 1.24. The van der Waals surface area contributed by atoms with Crippen molar-refractivity contribution in [3.63, 3.8) is 0 Å². The molecule has 1 heterocycles. The van der Waals surface area contributed by atoms with Gasteiger partial charge in [-0.25, -0.2) is 4.98 Å². The maximum Gasteiger partial charge on any atom is 0.150 e. The molecule has 0 bridgehead atoms. The van der Waals surface area contributed by atoms with Crippen LogP contribution in [0.4, 0.5) is 0 Å². The van der Waals surface area contributed by atoms with E-state index in [1.54, 1.807) is 0 Å². The molecule has 90 valence electrons. The molecule has 16 heavy (non-hydrogen) atoms. The fraction of sp³-hybridized carbons (Fsp3) is 0.750. The van der Waals surface area contributed by atoms with Crippen LogP contribution in [0.1, 0.15) is 49.5 Å². The van der Waals surface area contributed by atoms with Gasteiger partial charge in [0.15, 0.2) is 5.15 Å². The van der Waals surface area contributed by atoms with Gasteiger partial charge >= 0.3 is 0 Å². The Morgan fingerprint density at radius 3 is 2.69 bits per heavy atom. The fourth-order valence-electron chi connectivity index (χ4n) is 2.66. The highest BCUT2D eigenvalue weighted by atomic mass is 35.5. The van der Waals surface area contributed by atoms with Crippen molar-refractivity contribution in [1.82, 2.24) is 14.9 Å². The first-order valence-corrected chi connectivity index (χ1v) is 6.47. The monoisotopic (exact) mass is 241 g/mol. The molecule has 0 saturated heterocycles. The Bertz CT molecular complexity index is 353. The quantitative estimate of drug-likeness (QED) is 0.882. The van der Waals surface area contributed by atoms with E-state index in [2.05, 4.69) is 21.9 Å². The van der Waals surface area contributed by atoms with Crippen LogP contribution in [0.15, 0.2) is 0 Å². The van der Waals surface area contributed by atoms with Gasteiger partial charge in [0.05, 0.1) is 12.2 Å². The Hall–Kier alpha value is -0.540. The smallest absolute Gasteiger partial charge is 0.150 e. The summed E-state index contributed by atoms with van der Waals surface area (Å²) < 4.78 is 2.18. The zero-order valence-corrected chi connectivity index (χ0v) is 10.8. The summed E-state index contributed by atoms with van der Waals surface area (Å²) in [5, 5.41) is 3.83. The molecule has 1 saturated carbocycles. The van der Waals surface area contributed by atoms with E-state index in [-0.39, 0.29) is 0 Å². The van der Waals surface area contributed by atoms with Gasteiger partial charge in [-0.3, -0.25) is 0 Å². The lowest BCUT2D eigenvalue weighted by atomic mass is 9.87. The molecule has 3 nitrogen and oxygen atoms in total.